The van der Waals surface area contributed by atoms with Crippen molar-refractivity contribution in [2.24, 2.45) is 5.92 Å². The van der Waals surface area contributed by atoms with E-state index >= 15 is 0 Å². The molecule has 1 saturated heterocycles. The van der Waals surface area contributed by atoms with Crippen LogP contribution in [0.15, 0.2) is 24.3 Å². The van der Waals surface area contributed by atoms with Gasteiger partial charge in [-0.25, -0.2) is 0 Å². The number of hydrogen-bond donors (Lipinski definition) is 0. The van der Waals surface area contributed by atoms with Crippen molar-refractivity contribution in [2.75, 3.05) is 19.7 Å². The maximum absolute atomic E-state index is 12.4. The van der Waals surface area contributed by atoms with E-state index in [0.29, 0.717) is 18.1 Å². The van der Waals surface area contributed by atoms with Crippen LogP contribution in [0.1, 0.15) is 38.7 Å². The van der Waals surface area contributed by atoms with E-state index in [4.69, 9.17) is 4.74 Å². The third-order valence-electron chi connectivity index (χ3n) is 4.31. The van der Waals surface area contributed by atoms with Gasteiger partial charge in [-0.1, -0.05) is 19.4 Å². The molecule has 1 amide bonds. The molecular formula is C19H25F2NO3. The lowest BCUT2D eigenvalue weighted by molar-refractivity contribution is -0.127. The lowest BCUT2D eigenvalue weighted by Crippen LogP contribution is -2.38. The Morgan fingerprint density at radius 2 is 2.16 bits per heavy atom. The first-order chi connectivity index (χ1) is 12.0. The van der Waals surface area contributed by atoms with E-state index < -0.39 is 6.61 Å². The molecule has 2 rings (SSSR count). The van der Waals surface area contributed by atoms with Crippen molar-refractivity contribution in [1.82, 2.24) is 4.90 Å². The van der Waals surface area contributed by atoms with Crippen LogP contribution in [0.2, 0.25) is 0 Å². The summed E-state index contributed by atoms with van der Waals surface area (Å²) in [6.45, 7) is 2.91. The van der Waals surface area contributed by atoms with Gasteiger partial charge in [0, 0.05) is 19.2 Å². The number of benzene rings is 1. The molecule has 6 heteroatoms. The van der Waals surface area contributed by atoms with Gasteiger partial charge in [-0.2, -0.15) is 8.78 Å². The quantitative estimate of drug-likeness (QED) is 0.684. The van der Waals surface area contributed by atoms with Gasteiger partial charge in [-0.15, -0.1) is 0 Å². The largest absolute Gasteiger partial charge is 0.490 e. The van der Waals surface area contributed by atoms with E-state index in [1.165, 1.54) is 18.6 Å². The topological polar surface area (TPSA) is 38.8 Å². The van der Waals surface area contributed by atoms with Crippen LogP contribution in [0.25, 0.3) is 6.08 Å². The van der Waals surface area contributed by atoms with E-state index in [0.717, 1.165) is 25.9 Å². The van der Waals surface area contributed by atoms with Gasteiger partial charge in [-0.3, -0.25) is 4.79 Å². The molecule has 1 unspecified atom stereocenters. The lowest BCUT2D eigenvalue weighted by Gasteiger charge is -2.31. The lowest BCUT2D eigenvalue weighted by atomic mass is 9.95. The Hall–Kier alpha value is -2.11. The normalized spacial score (nSPS) is 18.0. The number of carbonyl (C=O) groups excluding carboxylic acids is 1. The standard InChI is InChI=1S/C19H25F2NO3/c1-3-14-6-5-11-22(13-14)18(23)10-8-15-7-9-16(25-19(20)21)17(12-15)24-4-2/h7-10,12,14,19H,3-6,11,13H2,1-2H3/b10-8+. The molecule has 0 radical (unpaired) electrons. The molecule has 1 heterocycles. The summed E-state index contributed by atoms with van der Waals surface area (Å²) in [6, 6.07) is 4.64. The fourth-order valence-corrected chi connectivity index (χ4v) is 2.96. The van der Waals surface area contributed by atoms with Gasteiger partial charge in [0.25, 0.3) is 0 Å². The van der Waals surface area contributed by atoms with Crippen LogP contribution >= 0.6 is 0 Å². The molecule has 0 N–H and O–H groups in total. The summed E-state index contributed by atoms with van der Waals surface area (Å²) < 4.78 is 34.6. The first kappa shape index (κ1) is 19.2. The number of halogens is 2. The Labute approximate surface area is 147 Å². The second-order valence-corrected chi connectivity index (χ2v) is 6.05. The Balaban J connectivity index is 2.06. The van der Waals surface area contributed by atoms with Gasteiger partial charge in [0.2, 0.25) is 5.91 Å². The van der Waals surface area contributed by atoms with Gasteiger partial charge in [0.15, 0.2) is 11.5 Å². The molecule has 1 aliphatic rings. The molecule has 1 aromatic carbocycles. The highest BCUT2D eigenvalue weighted by Crippen LogP contribution is 2.30. The van der Waals surface area contributed by atoms with Gasteiger partial charge < -0.3 is 14.4 Å². The Bertz CT molecular complexity index is 604. The monoisotopic (exact) mass is 353 g/mol. The fraction of sp³-hybridized carbons (Fsp3) is 0.526. The van der Waals surface area contributed by atoms with Crippen molar-refractivity contribution in [3.63, 3.8) is 0 Å². The summed E-state index contributed by atoms with van der Waals surface area (Å²) in [6.07, 6.45) is 6.49. The molecule has 138 valence electrons. The molecule has 0 bridgehead atoms. The summed E-state index contributed by atoms with van der Waals surface area (Å²) in [4.78, 5) is 14.2. The molecule has 25 heavy (non-hydrogen) atoms. The Kier molecular flexibility index (Phi) is 7.22. The molecule has 1 fully saturated rings. The molecule has 1 aromatic rings. The number of carbonyl (C=O) groups is 1. The molecular weight excluding hydrogens is 328 g/mol. The second kappa shape index (κ2) is 9.39. The van der Waals surface area contributed by atoms with Crippen molar-refractivity contribution in [3.05, 3.63) is 29.8 Å². The minimum atomic E-state index is -2.91. The molecule has 1 aliphatic heterocycles. The summed E-state index contributed by atoms with van der Waals surface area (Å²) in [5.41, 5.74) is 0.697. The third kappa shape index (κ3) is 5.73. The van der Waals surface area contributed by atoms with Gasteiger partial charge >= 0.3 is 6.61 Å². The zero-order chi connectivity index (χ0) is 18.2. The summed E-state index contributed by atoms with van der Waals surface area (Å²) in [5, 5.41) is 0. The van der Waals surface area contributed by atoms with Crippen LogP contribution in [-0.4, -0.2) is 37.1 Å². The summed E-state index contributed by atoms with van der Waals surface area (Å²) in [5.74, 6) is 0.772. The highest BCUT2D eigenvalue weighted by molar-refractivity contribution is 5.92. The fourth-order valence-electron chi connectivity index (χ4n) is 2.96. The maximum Gasteiger partial charge on any atom is 0.387 e. The number of amides is 1. The van der Waals surface area contributed by atoms with Crippen LogP contribution in [0.4, 0.5) is 8.78 Å². The van der Waals surface area contributed by atoms with Gasteiger partial charge in [-0.05, 0) is 49.5 Å². The number of piperidine rings is 1. The zero-order valence-corrected chi connectivity index (χ0v) is 14.7. The minimum absolute atomic E-state index is 0.0119. The number of likely N-dealkylation sites (tertiary alicyclic amines) is 1. The number of rotatable bonds is 7. The average molecular weight is 353 g/mol. The smallest absolute Gasteiger partial charge is 0.387 e. The Morgan fingerprint density at radius 1 is 1.36 bits per heavy atom. The molecule has 0 aliphatic carbocycles. The molecule has 0 saturated carbocycles. The number of ether oxygens (including phenoxy) is 2. The van der Waals surface area contributed by atoms with E-state index in [-0.39, 0.29) is 17.4 Å². The number of alkyl halides is 2. The number of hydrogen-bond acceptors (Lipinski definition) is 3. The van der Waals surface area contributed by atoms with Crippen molar-refractivity contribution >= 4 is 12.0 Å². The van der Waals surface area contributed by atoms with Crippen molar-refractivity contribution in [3.8, 4) is 11.5 Å². The first-order valence-corrected chi connectivity index (χ1v) is 8.72. The second-order valence-electron chi connectivity index (χ2n) is 6.05. The minimum Gasteiger partial charge on any atom is -0.490 e. The van der Waals surface area contributed by atoms with Crippen LogP contribution in [0.5, 0.6) is 11.5 Å². The number of nitrogens with zero attached hydrogens (tertiary/aromatic N) is 1. The molecule has 4 nitrogen and oxygen atoms in total. The van der Waals surface area contributed by atoms with Crippen molar-refractivity contribution in [2.45, 2.75) is 39.7 Å². The maximum atomic E-state index is 12.4. The van der Waals surface area contributed by atoms with E-state index in [1.807, 2.05) is 4.90 Å². The summed E-state index contributed by atoms with van der Waals surface area (Å²) >= 11 is 0. The van der Waals surface area contributed by atoms with E-state index in [9.17, 15) is 13.6 Å². The highest BCUT2D eigenvalue weighted by atomic mass is 19.3. The van der Waals surface area contributed by atoms with Crippen LogP contribution in [0, 0.1) is 5.92 Å². The van der Waals surface area contributed by atoms with E-state index in [2.05, 4.69) is 11.7 Å². The van der Waals surface area contributed by atoms with E-state index in [1.54, 1.807) is 25.1 Å². The van der Waals surface area contributed by atoms with Crippen molar-refractivity contribution in [1.29, 1.82) is 0 Å². The SMILES string of the molecule is CCOc1cc(/C=C/C(=O)N2CCCC(CC)C2)ccc1OC(F)F. The van der Waals surface area contributed by atoms with Crippen molar-refractivity contribution < 1.29 is 23.0 Å². The zero-order valence-electron chi connectivity index (χ0n) is 14.7. The molecule has 0 aromatic heterocycles. The van der Waals surface area contributed by atoms with Gasteiger partial charge in [0.05, 0.1) is 6.61 Å². The summed E-state index contributed by atoms with van der Waals surface area (Å²) in [7, 11) is 0. The van der Waals surface area contributed by atoms with Crippen LogP contribution in [-0.2, 0) is 4.79 Å². The van der Waals surface area contributed by atoms with Crippen LogP contribution in [0.3, 0.4) is 0 Å². The molecule has 1 atom stereocenters. The predicted octanol–water partition coefficient (Wildman–Crippen LogP) is 4.35. The average Bonchev–Trinajstić information content (AvgIpc) is 2.61. The van der Waals surface area contributed by atoms with Gasteiger partial charge in [0.1, 0.15) is 0 Å². The predicted molar refractivity (Wildman–Crippen MR) is 92.9 cm³/mol. The Morgan fingerprint density at radius 3 is 2.84 bits per heavy atom. The third-order valence-corrected chi connectivity index (χ3v) is 4.31. The first-order valence-electron chi connectivity index (χ1n) is 8.72. The molecule has 0 spiro atoms. The van der Waals surface area contributed by atoms with Crippen LogP contribution < -0.4 is 9.47 Å². The highest BCUT2D eigenvalue weighted by Gasteiger charge is 2.21.